The first-order valence-corrected chi connectivity index (χ1v) is 18.0. The summed E-state index contributed by atoms with van der Waals surface area (Å²) in [6.07, 6.45) is 0. The third kappa shape index (κ3) is 4.23. The number of hydrogen-bond donors (Lipinski definition) is 2. The fraction of sp³-hybridized carbons (Fsp3) is 0.257. The van der Waals surface area contributed by atoms with Crippen LogP contribution in [0.15, 0.2) is 121 Å². The van der Waals surface area contributed by atoms with E-state index in [1.165, 1.54) is 0 Å². The van der Waals surface area contributed by atoms with Gasteiger partial charge in [0.1, 0.15) is 0 Å². The van der Waals surface area contributed by atoms with Gasteiger partial charge in [-0.25, -0.2) is 0 Å². The Labute approximate surface area is 245 Å². The van der Waals surface area contributed by atoms with Gasteiger partial charge in [-0.15, -0.1) is 0 Å². The Bertz CT molecular complexity index is 1290. The molecule has 0 aliphatic carbocycles. The molecule has 0 bridgehead atoms. The van der Waals surface area contributed by atoms with Crippen molar-refractivity contribution in [3.63, 3.8) is 0 Å². The van der Waals surface area contributed by atoms with E-state index in [0.29, 0.717) is 0 Å². The quantitative estimate of drug-likeness (QED) is 0.211. The molecule has 0 aromatic heterocycles. The molecular weight excluding hydrogens is 541 g/mol. The Morgan fingerprint density at radius 2 is 0.634 bits per heavy atom. The van der Waals surface area contributed by atoms with Crippen molar-refractivity contribution in [3.05, 3.63) is 121 Å². The average Bonchev–Trinajstić information content (AvgIpc) is 2.93. The van der Waals surface area contributed by atoms with E-state index in [1.54, 1.807) is 0 Å². The first kappa shape index (κ1) is 30.2. The summed E-state index contributed by atoms with van der Waals surface area (Å²) in [5, 5.41) is 25.6. The molecule has 0 radical (unpaired) electrons. The largest absolute Gasteiger partial charge is 0.481 e. The van der Waals surface area contributed by atoms with E-state index in [4.69, 9.17) is 0 Å². The minimum atomic E-state index is -3.90. The first-order chi connectivity index (χ1) is 19.3. The number of benzene rings is 4. The summed E-state index contributed by atoms with van der Waals surface area (Å²) in [5.74, 6) is -2.54. The second kappa shape index (κ2) is 10.9. The number of rotatable bonds is 8. The highest BCUT2D eigenvalue weighted by atomic mass is 28.4. The molecule has 4 rings (SSSR count). The van der Waals surface area contributed by atoms with Crippen LogP contribution in [-0.4, -0.2) is 38.3 Å². The SMILES string of the molecule is CC(C)(C)[Si](c1ccccc1)(c1ccccc1)C(C(=O)O)(C(=O)O)[Si](c1ccccc1)(c1ccccc1)C(C)(C)C. The van der Waals surface area contributed by atoms with Crippen molar-refractivity contribution in [1.82, 2.24) is 0 Å². The minimum Gasteiger partial charge on any atom is -0.481 e. The van der Waals surface area contributed by atoms with Gasteiger partial charge in [-0.2, -0.15) is 0 Å². The van der Waals surface area contributed by atoms with Crippen LogP contribution in [-0.2, 0) is 9.59 Å². The molecule has 4 aromatic rings. The Morgan fingerprint density at radius 1 is 0.439 bits per heavy atom. The predicted molar refractivity (Wildman–Crippen MR) is 173 cm³/mol. The normalized spacial score (nSPS) is 13.0. The highest BCUT2D eigenvalue weighted by Gasteiger charge is 2.81. The molecule has 6 heteroatoms. The van der Waals surface area contributed by atoms with E-state index >= 15 is 0 Å². The summed E-state index contributed by atoms with van der Waals surface area (Å²) < 4.78 is -2.18. The molecular formula is C35H40O4Si2. The third-order valence-electron chi connectivity index (χ3n) is 8.84. The van der Waals surface area contributed by atoms with Gasteiger partial charge in [0.05, 0.1) is 0 Å². The van der Waals surface area contributed by atoms with Crippen LogP contribution in [0.25, 0.3) is 0 Å². The zero-order valence-corrected chi connectivity index (χ0v) is 26.8. The van der Waals surface area contributed by atoms with Crippen molar-refractivity contribution in [2.75, 3.05) is 0 Å². The molecule has 4 nitrogen and oxygen atoms in total. The molecule has 0 amide bonds. The Hall–Kier alpha value is -3.75. The summed E-state index contributed by atoms with van der Waals surface area (Å²) >= 11 is 0. The van der Waals surface area contributed by atoms with E-state index in [9.17, 15) is 19.8 Å². The number of carboxylic acids is 2. The maximum Gasteiger partial charge on any atom is 0.316 e. The molecule has 0 saturated heterocycles. The van der Waals surface area contributed by atoms with E-state index in [-0.39, 0.29) is 0 Å². The van der Waals surface area contributed by atoms with Crippen molar-refractivity contribution in [2.24, 2.45) is 0 Å². The molecule has 0 aliphatic rings. The molecule has 0 aliphatic heterocycles. The maximum absolute atomic E-state index is 14.6. The van der Waals surface area contributed by atoms with Crippen LogP contribution < -0.4 is 20.7 Å². The molecule has 212 valence electrons. The third-order valence-corrected chi connectivity index (χ3v) is 23.5. The van der Waals surface area contributed by atoms with Crippen LogP contribution >= 0.6 is 0 Å². The molecule has 0 atom stereocenters. The second-order valence-corrected chi connectivity index (χ2v) is 23.1. The van der Waals surface area contributed by atoms with Crippen LogP contribution in [0.1, 0.15) is 41.5 Å². The van der Waals surface area contributed by atoms with Crippen molar-refractivity contribution >= 4 is 48.8 Å². The van der Waals surface area contributed by atoms with Gasteiger partial charge in [0.15, 0.2) is 20.8 Å². The lowest BCUT2D eigenvalue weighted by Gasteiger charge is -2.62. The van der Waals surface area contributed by atoms with Crippen LogP contribution in [0.2, 0.25) is 14.7 Å². The van der Waals surface area contributed by atoms with Gasteiger partial charge in [-0.3, -0.25) is 9.59 Å². The Morgan fingerprint density at radius 3 is 0.780 bits per heavy atom. The Balaban J connectivity index is 2.50. The summed E-state index contributed by atoms with van der Waals surface area (Å²) in [5.41, 5.74) is 0. The van der Waals surface area contributed by atoms with Gasteiger partial charge in [0, 0.05) is 0 Å². The van der Waals surface area contributed by atoms with Crippen LogP contribution in [0.3, 0.4) is 0 Å². The first-order valence-electron chi connectivity index (χ1n) is 14.0. The summed E-state index contributed by atoms with van der Waals surface area (Å²) in [6.45, 7) is 12.2. The summed E-state index contributed by atoms with van der Waals surface area (Å²) in [6, 6.07) is 38.6. The smallest absolute Gasteiger partial charge is 0.316 e. The molecule has 0 fully saturated rings. The number of aliphatic carboxylic acids is 2. The van der Waals surface area contributed by atoms with Gasteiger partial charge in [-0.1, -0.05) is 184 Å². The van der Waals surface area contributed by atoms with Crippen molar-refractivity contribution in [1.29, 1.82) is 0 Å². The average molecular weight is 581 g/mol. The molecule has 2 N–H and O–H groups in total. The van der Waals surface area contributed by atoms with Gasteiger partial charge in [-0.05, 0) is 10.1 Å². The lowest BCUT2D eigenvalue weighted by atomic mass is 10.2. The fourth-order valence-corrected chi connectivity index (χ4v) is 26.2. The minimum absolute atomic E-state index is 0.737. The van der Waals surface area contributed by atoms with Gasteiger partial charge >= 0.3 is 11.9 Å². The second-order valence-electron chi connectivity index (χ2n) is 12.8. The highest BCUT2D eigenvalue weighted by molar-refractivity contribution is 7.27. The van der Waals surface area contributed by atoms with Gasteiger partial charge < -0.3 is 10.2 Å². The highest BCUT2D eigenvalue weighted by Crippen LogP contribution is 2.61. The van der Waals surface area contributed by atoms with E-state index in [0.717, 1.165) is 20.7 Å². The van der Waals surface area contributed by atoms with Crippen molar-refractivity contribution < 1.29 is 19.8 Å². The van der Waals surface area contributed by atoms with Crippen LogP contribution in [0.4, 0.5) is 0 Å². The molecule has 4 aromatic carbocycles. The maximum atomic E-state index is 14.6. The summed E-state index contributed by atoms with van der Waals surface area (Å²) in [7, 11) is -7.81. The lowest BCUT2D eigenvalue weighted by Crippen LogP contribution is -2.88. The molecule has 0 unspecified atom stereocenters. The fourth-order valence-electron chi connectivity index (χ4n) is 7.82. The monoisotopic (exact) mass is 580 g/mol. The zero-order chi connectivity index (χ0) is 30.1. The standard InChI is InChI=1S/C35H40O4Si2/c1-33(2,3)40(27-19-11-7-12-20-27,28-21-13-8-14-22-28)35(31(36)37,32(38)39)41(34(4,5)6,29-23-15-9-16-24-29)30-25-17-10-18-26-30/h7-26H,1-6H3,(H,36,37)(H,38,39). The number of carbonyl (C=O) groups is 2. The van der Waals surface area contributed by atoms with E-state index in [1.807, 2.05) is 163 Å². The van der Waals surface area contributed by atoms with Gasteiger partial charge in [0.2, 0.25) is 0 Å². The van der Waals surface area contributed by atoms with Crippen LogP contribution in [0.5, 0.6) is 0 Å². The van der Waals surface area contributed by atoms with E-state index < -0.39 is 42.8 Å². The molecule has 41 heavy (non-hydrogen) atoms. The molecule has 0 saturated carbocycles. The molecule has 0 spiro atoms. The van der Waals surface area contributed by atoms with Crippen molar-refractivity contribution in [3.8, 4) is 0 Å². The Kier molecular flexibility index (Phi) is 8.04. The summed E-state index contributed by atoms with van der Waals surface area (Å²) in [4.78, 5) is 29.3. The zero-order valence-electron chi connectivity index (χ0n) is 24.8. The lowest BCUT2D eigenvalue weighted by molar-refractivity contribution is -0.150. The molecule has 0 heterocycles. The number of hydrogen-bond acceptors (Lipinski definition) is 2. The van der Waals surface area contributed by atoms with Gasteiger partial charge in [0.25, 0.3) is 0 Å². The predicted octanol–water partition coefficient (Wildman–Crippen LogP) is 5.56. The number of carboxylic acid groups (broad SMARTS) is 2. The van der Waals surface area contributed by atoms with Crippen LogP contribution in [0, 0.1) is 0 Å². The topological polar surface area (TPSA) is 74.6 Å². The van der Waals surface area contributed by atoms with Crippen molar-refractivity contribution in [2.45, 2.75) is 56.3 Å². The van der Waals surface area contributed by atoms with E-state index in [2.05, 4.69) is 0 Å².